The van der Waals surface area contributed by atoms with E-state index in [-0.39, 0.29) is 11.0 Å². The van der Waals surface area contributed by atoms with Gasteiger partial charge in [-0.25, -0.2) is 4.79 Å². The quantitative estimate of drug-likeness (QED) is 0.131. The van der Waals surface area contributed by atoms with E-state index in [4.69, 9.17) is 23.4 Å². The third kappa shape index (κ3) is 12.2. The molecule has 0 saturated heterocycles. The molecule has 1 aromatic carbocycles. The maximum atomic E-state index is 13.3. The van der Waals surface area contributed by atoms with Crippen LogP contribution in [0.25, 0.3) is 0 Å². The molecule has 0 aliphatic heterocycles. The molecular weight excluding hydrogens is 578 g/mol. The maximum absolute atomic E-state index is 13.3. The van der Waals surface area contributed by atoms with Crippen LogP contribution in [0.15, 0.2) is 18.2 Å². The highest BCUT2D eigenvalue weighted by atomic mass is 28.4. The third-order valence-corrected chi connectivity index (χ3v) is 13.2. The minimum absolute atomic E-state index is 0.169. The molecule has 0 aliphatic rings. The zero-order valence-corrected chi connectivity index (χ0v) is 30.8. The molecule has 254 valence electrons. The minimum Gasteiger partial charge on any atom is -0.493 e. The molecule has 0 fully saturated rings. The van der Waals surface area contributed by atoms with Crippen molar-refractivity contribution < 1.29 is 38.1 Å². The number of nitrogens with one attached hydrogen (secondary N) is 1. The monoisotopic (exact) mass is 639 g/mol. The number of alkyl carbamates (subject to hydrolysis) is 1. The van der Waals surface area contributed by atoms with Crippen LogP contribution in [-0.4, -0.2) is 70.7 Å². The molecule has 9 nitrogen and oxygen atoms in total. The highest BCUT2D eigenvalue weighted by Gasteiger charge is 2.46. The molecule has 10 heteroatoms. The number of hydrogen-bond acceptors (Lipinski definition) is 7. The molecule has 5 atom stereocenters. The summed E-state index contributed by atoms with van der Waals surface area (Å²) in [6, 6.07) is 5.01. The van der Waals surface area contributed by atoms with E-state index >= 15 is 0 Å². The van der Waals surface area contributed by atoms with E-state index in [0.717, 1.165) is 5.56 Å². The van der Waals surface area contributed by atoms with Crippen molar-refractivity contribution in [3.8, 4) is 11.5 Å². The van der Waals surface area contributed by atoms with Crippen LogP contribution in [-0.2, 0) is 18.7 Å². The zero-order chi connectivity index (χ0) is 34.0. The average Bonchev–Trinajstić information content (AvgIpc) is 2.88. The van der Waals surface area contributed by atoms with Crippen LogP contribution < -0.4 is 14.8 Å². The fourth-order valence-corrected chi connectivity index (χ4v) is 5.99. The van der Waals surface area contributed by atoms with Crippen LogP contribution in [0, 0.1) is 17.8 Å². The second-order valence-electron chi connectivity index (χ2n) is 14.8. The van der Waals surface area contributed by atoms with Crippen molar-refractivity contribution in [2.75, 3.05) is 27.4 Å². The SMILES string of the molecule is COCCCOc1cc(C(C(C)C(=O)O)C(O[Si](C)(C)C(C)(C)C)C(CC(C)C(C)C)NC(=O)OC(C)(C)C)ccc1OC. The number of rotatable bonds is 17. The molecule has 1 amide bonds. The molecule has 44 heavy (non-hydrogen) atoms. The van der Waals surface area contributed by atoms with Gasteiger partial charge < -0.3 is 33.8 Å². The van der Waals surface area contributed by atoms with Crippen molar-refractivity contribution >= 4 is 20.4 Å². The first-order valence-corrected chi connectivity index (χ1v) is 18.8. The van der Waals surface area contributed by atoms with E-state index in [0.29, 0.717) is 43.5 Å². The van der Waals surface area contributed by atoms with Gasteiger partial charge in [-0.15, -0.1) is 0 Å². The molecule has 0 bridgehead atoms. The standard InChI is InChI=1S/C34H61NO8Si/c1-22(2)23(3)20-26(35-32(38)42-33(5,6)7)30(43-44(13,14)34(8,9)10)29(24(4)31(36)37)25-16-17-27(40-12)28(21-25)41-19-15-18-39-11/h16-17,21-24,26,29-30H,15,18-20H2,1-14H3,(H,35,38)(H,36,37). The van der Waals surface area contributed by atoms with Gasteiger partial charge in [0.25, 0.3) is 0 Å². The number of carboxylic acid groups (broad SMARTS) is 1. The van der Waals surface area contributed by atoms with E-state index in [1.54, 1.807) is 27.2 Å². The van der Waals surface area contributed by atoms with E-state index in [1.165, 1.54) is 0 Å². The van der Waals surface area contributed by atoms with Crippen molar-refractivity contribution in [1.29, 1.82) is 0 Å². The van der Waals surface area contributed by atoms with Crippen molar-refractivity contribution in [2.24, 2.45) is 17.8 Å². The fourth-order valence-electron chi connectivity index (χ4n) is 4.64. The van der Waals surface area contributed by atoms with Crippen molar-refractivity contribution in [1.82, 2.24) is 5.32 Å². The molecule has 5 unspecified atom stereocenters. The van der Waals surface area contributed by atoms with Gasteiger partial charge in [0.2, 0.25) is 0 Å². The predicted octanol–water partition coefficient (Wildman–Crippen LogP) is 7.88. The summed E-state index contributed by atoms with van der Waals surface area (Å²) in [6.45, 7) is 25.3. The molecule has 0 saturated carbocycles. The molecule has 0 spiro atoms. The Morgan fingerprint density at radius 2 is 1.57 bits per heavy atom. The van der Waals surface area contributed by atoms with Gasteiger partial charge in [0.15, 0.2) is 19.8 Å². The molecule has 1 rings (SSSR count). The van der Waals surface area contributed by atoms with Crippen LogP contribution in [0.1, 0.15) is 93.6 Å². The number of ether oxygens (including phenoxy) is 4. The predicted molar refractivity (Wildman–Crippen MR) is 178 cm³/mol. The highest BCUT2D eigenvalue weighted by Crippen LogP contribution is 2.44. The summed E-state index contributed by atoms with van der Waals surface area (Å²) in [5.74, 6) is -0.838. The first-order valence-electron chi connectivity index (χ1n) is 15.8. The molecular formula is C34H61NO8Si. The molecule has 0 aliphatic carbocycles. The third-order valence-electron chi connectivity index (χ3n) is 8.70. The Morgan fingerprint density at radius 3 is 2.05 bits per heavy atom. The number of carboxylic acids is 1. The maximum Gasteiger partial charge on any atom is 0.407 e. The van der Waals surface area contributed by atoms with E-state index < -0.39 is 50.0 Å². The Morgan fingerprint density at radius 1 is 0.955 bits per heavy atom. The lowest BCUT2D eigenvalue weighted by Gasteiger charge is -2.45. The Balaban J connectivity index is 3.93. The first kappa shape index (κ1) is 39.7. The topological polar surface area (TPSA) is 113 Å². The minimum atomic E-state index is -2.50. The Bertz CT molecular complexity index is 1050. The number of hydrogen-bond donors (Lipinski definition) is 2. The first-order chi connectivity index (χ1) is 20.1. The van der Waals surface area contributed by atoms with Crippen LogP contribution in [0.3, 0.4) is 0 Å². The summed E-state index contributed by atoms with van der Waals surface area (Å²) < 4.78 is 29.7. The molecule has 0 heterocycles. The number of carbonyl (C=O) groups excluding carboxylic acids is 1. The second kappa shape index (κ2) is 16.8. The second-order valence-corrected chi connectivity index (χ2v) is 19.6. The van der Waals surface area contributed by atoms with Crippen LogP contribution in [0.4, 0.5) is 4.79 Å². The number of methoxy groups -OCH3 is 2. The lowest BCUT2D eigenvalue weighted by atomic mass is 9.77. The van der Waals surface area contributed by atoms with Crippen LogP contribution >= 0.6 is 0 Å². The Hall–Kier alpha value is -2.30. The molecule has 1 aromatic rings. The Kier molecular flexibility index (Phi) is 15.2. The lowest BCUT2D eigenvalue weighted by Crippen LogP contribution is -2.56. The molecule has 0 aromatic heterocycles. The summed E-state index contributed by atoms with van der Waals surface area (Å²) in [6.07, 6.45) is 0.0341. The Labute approximate surface area is 267 Å². The van der Waals surface area contributed by atoms with Gasteiger partial charge in [-0.1, -0.05) is 54.5 Å². The van der Waals surface area contributed by atoms with E-state index in [9.17, 15) is 14.7 Å². The van der Waals surface area contributed by atoms with Crippen molar-refractivity contribution in [2.45, 2.75) is 124 Å². The van der Waals surface area contributed by atoms with Crippen molar-refractivity contribution in [3.05, 3.63) is 23.8 Å². The summed E-state index contributed by atoms with van der Waals surface area (Å²) in [4.78, 5) is 26.1. The van der Waals surface area contributed by atoms with Gasteiger partial charge >= 0.3 is 12.1 Å². The van der Waals surface area contributed by atoms with Gasteiger partial charge in [-0.05, 0) is 74.9 Å². The van der Waals surface area contributed by atoms with Gasteiger partial charge in [-0.2, -0.15) is 0 Å². The average molecular weight is 640 g/mol. The fraction of sp³-hybridized carbons (Fsp3) is 0.765. The number of aliphatic carboxylic acids is 1. The molecule has 2 N–H and O–H groups in total. The van der Waals surface area contributed by atoms with Gasteiger partial charge in [0, 0.05) is 26.1 Å². The number of carbonyl (C=O) groups is 2. The number of amides is 1. The van der Waals surface area contributed by atoms with Crippen molar-refractivity contribution in [3.63, 3.8) is 0 Å². The van der Waals surface area contributed by atoms with E-state index in [2.05, 4.69) is 60.0 Å². The summed E-state index contributed by atoms with van der Waals surface area (Å²) >= 11 is 0. The van der Waals surface area contributed by atoms with Gasteiger partial charge in [-0.3, -0.25) is 4.79 Å². The van der Waals surface area contributed by atoms with Crippen LogP contribution in [0.5, 0.6) is 11.5 Å². The highest BCUT2D eigenvalue weighted by molar-refractivity contribution is 6.74. The van der Waals surface area contributed by atoms with Gasteiger partial charge in [0.05, 0.1) is 31.8 Å². The largest absolute Gasteiger partial charge is 0.493 e. The van der Waals surface area contributed by atoms with Gasteiger partial charge in [0.1, 0.15) is 5.60 Å². The van der Waals surface area contributed by atoms with E-state index in [1.807, 2.05) is 32.9 Å². The van der Waals surface area contributed by atoms with Crippen LogP contribution in [0.2, 0.25) is 18.1 Å². The number of benzene rings is 1. The summed E-state index contributed by atoms with van der Waals surface area (Å²) in [7, 11) is 0.718. The zero-order valence-electron chi connectivity index (χ0n) is 29.8. The summed E-state index contributed by atoms with van der Waals surface area (Å²) in [5.41, 5.74) is 0.0340. The lowest BCUT2D eigenvalue weighted by molar-refractivity contribution is -0.143. The molecule has 0 radical (unpaired) electrons. The normalized spacial score (nSPS) is 16.1. The summed E-state index contributed by atoms with van der Waals surface area (Å²) in [5, 5.41) is 13.4. The smallest absolute Gasteiger partial charge is 0.407 e.